The number of pyridine rings is 1. The highest BCUT2D eigenvalue weighted by molar-refractivity contribution is 5.26. The maximum Gasteiger partial charge on any atom is 0.0719 e. The zero-order valence-electron chi connectivity index (χ0n) is 11.3. The number of benzene rings is 1. The molecule has 0 saturated heterocycles. The Morgan fingerprint density at radius 2 is 1.74 bits per heavy atom. The Balaban J connectivity index is 1.88. The highest BCUT2D eigenvalue weighted by atomic mass is 16.5. The molecular weight excluding hydrogens is 236 g/mol. The first-order valence-corrected chi connectivity index (χ1v) is 6.64. The number of aromatic nitrogens is 1. The Morgan fingerprint density at radius 3 is 2.47 bits per heavy atom. The van der Waals surface area contributed by atoms with Crippen molar-refractivity contribution in [1.82, 2.24) is 10.3 Å². The van der Waals surface area contributed by atoms with Gasteiger partial charge in [-0.3, -0.25) is 4.98 Å². The van der Waals surface area contributed by atoms with E-state index in [1.54, 1.807) is 0 Å². The van der Waals surface area contributed by atoms with Gasteiger partial charge in [-0.15, -0.1) is 0 Å². The highest BCUT2D eigenvalue weighted by Gasteiger charge is 2.01. The van der Waals surface area contributed by atoms with E-state index in [0.29, 0.717) is 6.61 Å². The molecule has 0 atom stereocenters. The molecule has 0 spiro atoms. The minimum Gasteiger partial charge on any atom is -0.377 e. The maximum atomic E-state index is 5.49. The molecule has 3 nitrogen and oxygen atoms in total. The molecule has 2 rings (SSSR count). The van der Waals surface area contributed by atoms with Crippen LogP contribution in [0, 0.1) is 0 Å². The molecule has 0 saturated carbocycles. The van der Waals surface area contributed by atoms with Crippen molar-refractivity contribution in [2.45, 2.75) is 26.6 Å². The van der Waals surface area contributed by atoms with E-state index in [4.69, 9.17) is 4.74 Å². The zero-order chi connectivity index (χ0) is 13.3. The summed E-state index contributed by atoms with van der Waals surface area (Å²) in [7, 11) is 0. The number of rotatable bonds is 7. The average molecular weight is 256 g/mol. The van der Waals surface area contributed by atoms with E-state index in [1.807, 2.05) is 31.5 Å². The lowest BCUT2D eigenvalue weighted by atomic mass is 10.1. The Bertz CT molecular complexity index is 485. The molecule has 100 valence electrons. The first kappa shape index (κ1) is 13.7. The quantitative estimate of drug-likeness (QED) is 0.827. The van der Waals surface area contributed by atoms with E-state index >= 15 is 0 Å². The molecule has 2 aromatic rings. The van der Waals surface area contributed by atoms with Crippen molar-refractivity contribution in [3.63, 3.8) is 0 Å². The summed E-state index contributed by atoms with van der Waals surface area (Å²) in [6, 6.07) is 12.4. The van der Waals surface area contributed by atoms with Crippen LogP contribution in [0.25, 0.3) is 0 Å². The topological polar surface area (TPSA) is 34.1 Å². The number of hydrogen-bond donors (Lipinski definition) is 1. The summed E-state index contributed by atoms with van der Waals surface area (Å²) in [6.45, 7) is 5.16. The van der Waals surface area contributed by atoms with Gasteiger partial charge in [0.15, 0.2) is 0 Å². The second kappa shape index (κ2) is 7.67. The van der Waals surface area contributed by atoms with Crippen LogP contribution in [0.4, 0.5) is 0 Å². The molecule has 0 aliphatic heterocycles. The fourth-order valence-electron chi connectivity index (χ4n) is 1.92. The standard InChI is InChI=1S/C16H20N2O/c1-2-19-13-16-6-4-3-5-15(16)12-18-11-14-7-9-17-10-8-14/h3-10,18H,2,11-13H2,1H3. The Morgan fingerprint density at radius 1 is 1.00 bits per heavy atom. The third-order valence-corrected chi connectivity index (χ3v) is 2.97. The van der Waals surface area contributed by atoms with Crippen molar-refractivity contribution in [3.05, 3.63) is 65.5 Å². The Labute approximate surface area is 114 Å². The molecule has 1 N–H and O–H groups in total. The van der Waals surface area contributed by atoms with E-state index in [2.05, 4.69) is 34.6 Å². The number of nitrogens with zero attached hydrogens (tertiary/aromatic N) is 1. The summed E-state index contributed by atoms with van der Waals surface area (Å²) in [5.74, 6) is 0. The lowest BCUT2D eigenvalue weighted by molar-refractivity contribution is 0.133. The van der Waals surface area contributed by atoms with Gasteiger partial charge >= 0.3 is 0 Å². The Kier molecular flexibility index (Phi) is 5.53. The molecule has 1 heterocycles. The lowest BCUT2D eigenvalue weighted by Gasteiger charge is -2.10. The molecule has 0 bridgehead atoms. The van der Waals surface area contributed by atoms with Crippen LogP contribution in [0.15, 0.2) is 48.8 Å². The highest BCUT2D eigenvalue weighted by Crippen LogP contribution is 2.10. The van der Waals surface area contributed by atoms with E-state index in [0.717, 1.165) is 19.7 Å². The van der Waals surface area contributed by atoms with Crippen molar-refractivity contribution in [3.8, 4) is 0 Å². The second-order valence-electron chi connectivity index (χ2n) is 4.36. The summed E-state index contributed by atoms with van der Waals surface area (Å²) >= 11 is 0. The minimum absolute atomic E-state index is 0.684. The summed E-state index contributed by atoms with van der Waals surface area (Å²) in [4.78, 5) is 4.02. The van der Waals surface area contributed by atoms with Crippen molar-refractivity contribution < 1.29 is 4.74 Å². The minimum atomic E-state index is 0.684. The third-order valence-electron chi connectivity index (χ3n) is 2.97. The lowest BCUT2D eigenvalue weighted by Crippen LogP contribution is -2.14. The SMILES string of the molecule is CCOCc1ccccc1CNCc1ccncc1. The van der Waals surface area contributed by atoms with Gasteiger partial charge in [0.05, 0.1) is 6.61 Å². The average Bonchev–Trinajstić information content (AvgIpc) is 2.47. The molecule has 19 heavy (non-hydrogen) atoms. The van der Waals surface area contributed by atoms with Crippen LogP contribution < -0.4 is 5.32 Å². The predicted molar refractivity (Wildman–Crippen MR) is 76.6 cm³/mol. The fraction of sp³-hybridized carbons (Fsp3) is 0.312. The molecule has 3 heteroatoms. The monoisotopic (exact) mass is 256 g/mol. The molecule has 0 radical (unpaired) electrons. The number of hydrogen-bond acceptors (Lipinski definition) is 3. The van der Waals surface area contributed by atoms with Crippen LogP contribution in [-0.4, -0.2) is 11.6 Å². The van der Waals surface area contributed by atoms with Gasteiger partial charge in [0.25, 0.3) is 0 Å². The van der Waals surface area contributed by atoms with Crippen molar-refractivity contribution in [2.24, 2.45) is 0 Å². The van der Waals surface area contributed by atoms with Gasteiger partial charge in [-0.05, 0) is 35.7 Å². The van der Waals surface area contributed by atoms with Crippen molar-refractivity contribution >= 4 is 0 Å². The van der Waals surface area contributed by atoms with Crippen LogP contribution in [0.3, 0.4) is 0 Å². The third kappa shape index (κ3) is 4.47. The van der Waals surface area contributed by atoms with Crippen molar-refractivity contribution in [1.29, 1.82) is 0 Å². The van der Waals surface area contributed by atoms with Crippen LogP contribution >= 0.6 is 0 Å². The first-order chi connectivity index (χ1) is 9.40. The van der Waals surface area contributed by atoms with E-state index in [-0.39, 0.29) is 0 Å². The van der Waals surface area contributed by atoms with Gasteiger partial charge in [0, 0.05) is 32.1 Å². The van der Waals surface area contributed by atoms with Gasteiger partial charge in [0.1, 0.15) is 0 Å². The largest absolute Gasteiger partial charge is 0.377 e. The van der Waals surface area contributed by atoms with E-state index in [9.17, 15) is 0 Å². The molecular formula is C16H20N2O. The Hall–Kier alpha value is -1.71. The van der Waals surface area contributed by atoms with Crippen LogP contribution in [0.2, 0.25) is 0 Å². The maximum absolute atomic E-state index is 5.49. The van der Waals surface area contributed by atoms with E-state index in [1.165, 1.54) is 16.7 Å². The molecule has 0 unspecified atom stereocenters. The predicted octanol–water partition coefficient (Wildman–Crippen LogP) is 2.91. The molecule has 0 aliphatic rings. The van der Waals surface area contributed by atoms with Gasteiger partial charge in [-0.1, -0.05) is 24.3 Å². The summed E-state index contributed by atoms with van der Waals surface area (Å²) in [6.07, 6.45) is 3.64. The van der Waals surface area contributed by atoms with Crippen LogP contribution in [-0.2, 0) is 24.4 Å². The molecule has 1 aromatic carbocycles. The number of ether oxygens (including phenoxy) is 1. The molecule has 0 amide bonds. The number of nitrogens with one attached hydrogen (secondary N) is 1. The normalized spacial score (nSPS) is 10.6. The molecule has 0 aliphatic carbocycles. The van der Waals surface area contributed by atoms with Crippen molar-refractivity contribution in [2.75, 3.05) is 6.61 Å². The summed E-state index contributed by atoms with van der Waals surface area (Å²) in [5.41, 5.74) is 3.80. The second-order valence-corrected chi connectivity index (χ2v) is 4.36. The van der Waals surface area contributed by atoms with E-state index < -0.39 is 0 Å². The van der Waals surface area contributed by atoms with Gasteiger partial charge in [0.2, 0.25) is 0 Å². The molecule has 0 fully saturated rings. The summed E-state index contributed by atoms with van der Waals surface area (Å²) in [5, 5.41) is 3.45. The van der Waals surface area contributed by atoms with Crippen LogP contribution in [0.1, 0.15) is 23.6 Å². The fourth-order valence-corrected chi connectivity index (χ4v) is 1.92. The summed E-state index contributed by atoms with van der Waals surface area (Å²) < 4.78 is 5.49. The van der Waals surface area contributed by atoms with Crippen LogP contribution in [0.5, 0.6) is 0 Å². The zero-order valence-corrected chi connectivity index (χ0v) is 11.3. The molecule has 1 aromatic heterocycles. The van der Waals surface area contributed by atoms with Gasteiger partial charge in [-0.25, -0.2) is 0 Å². The van der Waals surface area contributed by atoms with Gasteiger partial charge in [-0.2, -0.15) is 0 Å². The smallest absolute Gasteiger partial charge is 0.0719 e. The first-order valence-electron chi connectivity index (χ1n) is 6.64. The van der Waals surface area contributed by atoms with Gasteiger partial charge < -0.3 is 10.1 Å².